The Morgan fingerprint density at radius 3 is 2.79 bits per heavy atom. The zero-order valence-corrected chi connectivity index (χ0v) is 16.7. The van der Waals surface area contributed by atoms with Gasteiger partial charge in [0.05, 0.1) is 5.60 Å². The van der Waals surface area contributed by atoms with Gasteiger partial charge in [-0.25, -0.2) is 9.37 Å². The fraction of sp³-hybridized carbons (Fsp3) is 0.522. The van der Waals surface area contributed by atoms with E-state index in [-0.39, 0.29) is 16.7 Å². The van der Waals surface area contributed by atoms with Crippen LogP contribution in [0.5, 0.6) is 0 Å². The van der Waals surface area contributed by atoms with E-state index in [1.807, 2.05) is 12.3 Å². The molecule has 2 aliphatic rings. The molecule has 1 spiro atoms. The highest BCUT2D eigenvalue weighted by Gasteiger charge is 2.48. The number of aromatic nitrogens is 2. The Bertz CT molecular complexity index is 876. The minimum absolute atomic E-state index is 0.00498. The molecule has 1 aliphatic carbocycles. The molecule has 2 aromatic rings. The van der Waals surface area contributed by atoms with Gasteiger partial charge in [-0.15, -0.1) is 0 Å². The van der Waals surface area contributed by atoms with E-state index in [1.54, 1.807) is 12.3 Å². The molecule has 2 fully saturated rings. The van der Waals surface area contributed by atoms with Crippen LogP contribution in [-0.4, -0.2) is 28.7 Å². The van der Waals surface area contributed by atoms with Gasteiger partial charge in [-0.1, -0.05) is 18.9 Å². The molecule has 1 N–H and O–H groups in total. The first-order valence-electron chi connectivity index (χ1n) is 10.5. The summed E-state index contributed by atoms with van der Waals surface area (Å²) in [7, 11) is 0. The first-order chi connectivity index (χ1) is 14.1. The number of hydrogen-bond acceptors (Lipinski definition) is 5. The largest absolute Gasteiger partial charge is 0.375 e. The average Bonchev–Trinajstić information content (AvgIpc) is 3.19. The monoisotopic (exact) mass is 394 g/mol. The topological polar surface area (TPSA) is 70.8 Å². The molecule has 0 radical (unpaired) electrons. The molecule has 1 atom stereocenters. The molecule has 1 aliphatic heterocycles. The Labute approximate surface area is 171 Å². The van der Waals surface area contributed by atoms with E-state index >= 15 is 0 Å². The molecule has 1 saturated heterocycles. The zero-order valence-electron chi connectivity index (χ0n) is 16.7. The third-order valence-electron chi connectivity index (χ3n) is 6.49. The number of rotatable bonds is 6. The minimum atomic E-state index is -0.565. The number of halogens is 1. The molecule has 1 saturated carbocycles. The highest BCUT2D eigenvalue weighted by molar-refractivity contribution is 5.25. The molecule has 3 heterocycles. The van der Waals surface area contributed by atoms with Crippen LogP contribution in [0, 0.1) is 17.1 Å². The molecule has 29 heavy (non-hydrogen) atoms. The van der Waals surface area contributed by atoms with Crippen LogP contribution in [0.2, 0.25) is 0 Å². The number of nitrogens with one attached hydrogen (secondary N) is 1. The minimum Gasteiger partial charge on any atom is -0.375 e. The van der Waals surface area contributed by atoms with Crippen LogP contribution in [0.25, 0.3) is 0 Å². The smallest absolute Gasteiger partial charge is 0.176 e. The van der Waals surface area contributed by atoms with Gasteiger partial charge in [0.15, 0.2) is 11.5 Å². The van der Waals surface area contributed by atoms with Gasteiger partial charge < -0.3 is 10.1 Å². The van der Waals surface area contributed by atoms with Crippen molar-refractivity contribution < 1.29 is 9.13 Å². The van der Waals surface area contributed by atoms with E-state index in [0.717, 1.165) is 56.5 Å². The molecule has 1 unspecified atom stereocenters. The van der Waals surface area contributed by atoms with Crippen LogP contribution in [0.1, 0.15) is 61.9 Å². The van der Waals surface area contributed by atoms with Crippen molar-refractivity contribution in [1.82, 2.24) is 15.3 Å². The van der Waals surface area contributed by atoms with Crippen molar-refractivity contribution in [1.29, 1.82) is 5.26 Å². The van der Waals surface area contributed by atoms with Crippen molar-refractivity contribution in [3.63, 3.8) is 0 Å². The standard InChI is InChI=1S/C23H27FN4O/c24-19-13-18(16-28-20(19)14-25)15-26-11-8-22(21-5-1-4-10-27-21)9-12-29-23(17-22)6-2-3-7-23/h1,4-5,10,13,16,26H,2-3,6-9,11-12,15,17H2. The summed E-state index contributed by atoms with van der Waals surface area (Å²) in [6, 6.07) is 9.32. The van der Waals surface area contributed by atoms with Crippen LogP contribution < -0.4 is 5.32 Å². The predicted octanol–water partition coefficient (Wildman–Crippen LogP) is 4.03. The fourth-order valence-electron chi connectivity index (χ4n) is 5.01. The summed E-state index contributed by atoms with van der Waals surface area (Å²) < 4.78 is 20.1. The predicted molar refractivity (Wildman–Crippen MR) is 108 cm³/mol. The van der Waals surface area contributed by atoms with Gasteiger partial charge in [0, 0.05) is 36.7 Å². The molecule has 2 aromatic heterocycles. The Morgan fingerprint density at radius 2 is 2.07 bits per heavy atom. The molecule has 0 amide bonds. The summed E-state index contributed by atoms with van der Waals surface area (Å²) in [5.74, 6) is -0.565. The Kier molecular flexibility index (Phi) is 5.89. The summed E-state index contributed by atoms with van der Waals surface area (Å²) in [5.41, 5.74) is 1.75. The molecular formula is C23H27FN4O. The summed E-state index contributed by atoms with van der Waals surface area (Å²) >= 11 is 0. The maximum atomic E-state index is 13.8. The molecular weight excluding hydrogens is 367 g/mol. The fourth-order valence-corrected chi connectivity index (χ4v) is 5.01. The van der Waals surface area contributed by atoms with Crippen LogP contribution in [0.4, 0.5) is 4.39 Å². The lowest BCUT2D eigenvalue weighted by molar-refractivity contribution is -0.104. The lowest BCUT2D eigenvalue weighted by atomic mass is 9.68. The normalized spacial score (nSPS) is 23.2. The Balaban J connectivity index is 1.44. The quantitative estimate of drug-likeness (QED) is 0.749. The van der Waals surface area contributed by atoms with Crippen molar-refractivity contribution in [2.45, 2.75) is 62.5 Å². The summed E-state index contributed by atoms with van der Waals surface area (Å²) in [6.07, 6.45) is 11.2. The maximum Gasteiger partial charge on any atom is 0.176 e. The van der Waals surface area contributed by atoms with Gasteiger partial charge in [0.1, 0.15) is 6.07 Å². The summed E-state index contributed by atoms with van der Waals surface area (Å²) in [5, 5.41) is 12.2. The third-order valence-corrected chi connectivity index (χ3v) is 6.49. The first-order valence-corrected chi connectivity index (χ1v) is 10.5. The number of hydrogen-bond donors (Lipinski definition) is 1. The maximum absolute atomic E-state index is 13.8. The van der Waals surface area contributed by atoms with Crippen LogP contribution in [0.3, 0.4) is 0 Å². The molecule has 6 heteroatoms. The van der Waals surface area contributed by atoms with E-state index in [4.69, 9.17) is 15.0 Å². The molecule has 152 valence electrons. The molecule has 5 nitrogen and oxygen atoms in total. The van der Waals surface area contributed by atoms with Gasteiger partial charge in [0.2, 0.25) is 0 Å². The lowest BCUT2D eigenvalue weighted by Crippen LogP contribution is -2.47. The zero-order chi connectivity index (χ0) is 20.2. The lowest BCUT2D eigenvalue weighted by Gasteiger charge is -2.46. The average molecular weight is 394 g/mol. The SMILES string of the molecule is N#Cc1ncc(CNCCC2(c3ccccn3)CCOC3(CCCC3)C2)cc1F. The van der Waals surface area contributed by atoms with Gasteiger partial charge >= 0.3 is 0 Å². The summed E-state index contributed by atoms with van der Waals surface area (Å²) in [6.45, 7) is 2.10. The van der Waals surface area contributed by atoms with Gasteiger partial charge in [-0.2, -0.15) is 5.26 Å². The van der Waals surface area contributed by atoms with Crippen molar-refractivity contribution in [3.8, 4) is 6.07 Å². The number of nitriles is 1. The van der Waals surface area contributed by atoms with Crippen LogP contribution >= 0.6 is 0 Å². The second-order valence-electron chi connectivity index (χ2n) is 8.37. The Hall–Kier alpha value is -2.36. The van der Waals surface area contributed by atoms with Crippen LogP contribution in [0.15, 0.2) is 36.7 Å². The van der Waals surface area contributed by atoms with Crippen molar-refractivity contribution >= 4 is 0 Å². The van der Waals surface area contributed by atoms with Gasteiger partial charge in [-0.05, 0) is 62.4 Å². The van der Waals surface area contributed by atoms with Gasteiger partial charge in [0.25, 0.3) is 0 Å². The van der Waals surface area contributed by atoms with Gasteiger partial charge in [-0.3, -0.25) is 4.98 Å². The summed E-state index contributed by atoms with van der Waals surface area (Å²) in [4.78, 5) is 8.60. The number of nitrogens with zero attached hydrogens (tertiary/aromatic N) is 3. The highest BCUT2D eigenvalue weighted by Crippen LogP contribution is 2.49. The first kappa shape index (κ1) is 19.9. The Morgan fingerprint density at radius 1 is 1.21 bits per heavy atom. The van der Waals surface area contributed by atoms with E-state index in [1.165, 1.54) is 18.9 Å². The van der Waals surface area contributed by atoms with E-state index in [9.17, 15) is 4.39 Å². The van der Waals surface area contributed by atoms with Crippen molar-refractivity contribution in [2.24, 2.45) is 0 Å². The van der Waals surface area contributed by atoms with E-state index < -0.39 is 5.82 Å². The molecule has 4 rings (SSSR count). The number of pyridine rings is 2. The second kappa shape index (κ2) is 8.56. The second-order valence-corrected chi connectivity index (χ2v) is 8.37. The molecule has 0 bridgehead atoms. The van der Waals surface area contributed by atoms with E-state index in [0.29, 0.717) is 6.54 Å². The number of ether oxygens (including phenoxy) is 1. The van der Waals surface area contributed by atoms with Crippen molar-refractivity contribution in [3.05, 3.63) is 59.4 Å². The van der Waals surface area contributed by atoms with E-state index in [2.05, 4.69) is 22.4 Å². The molecule has 0 aromatic carbocycles. The van der Waals surface area contributed by atoms with Crippen LogP contribution in [-0.2, 0) is 16.7 Å². The third kappa shape index (κ3) is 4.31. The van der Waals surface area contributed by atoms with Crippen molar-refractivity contribution in [2.75, 3.05) is 13.2 Å². The highest BCUT2D eigenvalue weighted by atomic mass is 19.1.